The number of fused-ring (bicyclic) bond motifs is 1. The highest BCUT2D eigenvalue weighted by Gasteiger charge is 2.22. The maximum absolute atomic E-state index is 12.5. The van der Waals surface area contributed by atoms with Crippen LogP contribution >= 0.6 is 0 Å². The number of hydrogen-bond acceptors (Lipinski definition) is 4. The average molecular weight is 335 g/mol. The number of ether oxygens (including phenoxy) is 3. The first-order valence-corrected chi connectivity index (χ1v) is 7.72. The third-order valence-electron chi connectivity index (χ3n) is 3.95. The quantitative estimate of drug-likeness (QED) is 0.878. The Labute approximate surface area is 139 Å². The van der Waals surface area contributed by atoms with E-state index in [1.165, 1.54) is 0 Å². The Balaban J connectivity index is 1.64. The molecule has 0 bridgehead atoms. The van der Waals surface area contributed by atoms with E-state index >= 15 is 0 Å². The Morgan fingerprint density at radius 3 is 2.75 bits per heavy atom. The van der Waals surface area contributed by atoms with Crippen LogP contribution in [0.4, 0.5) is 8.78 Å². The lowest BCUT2D eigenvalue weighted by Gasteiger charge is -2.27. The molecular formula is C18H19F2NO3. The van der Waals surface area contributed by atoms with Crippen molar-refractivity contribution in [2.75, 3.05) is 13.7 Å². The molecule has 1 aliphatic heterocycles. The van der Waals surface area contributed by atoms with Gasteiger partial charge in [-0.15, -0.1) is 0 Å². The van der Waals surface area contributed by atoms with E-state index < -0.39 is 6.61 Å². The minimum Gasteiger partial charge on any atom is -0.493 e. The molecule has 0 radical (unpaired) electrons. The normalized spacial score (nSPS) is 16.4. The highest BCUT2D eigenvalue weighted by molar-refractivity contribution is 5.48. The molecule has 0 saturated carbocycles. The number of hydrogen-bond donors (Lipinski definition) is 1. The molecule has 4 nitrogen and oxygen atoms in total. The molecule has 128 valence electrons. The third kappa shape index (κ3) is 3.76. The van der Waals surface area contributed by atoms with Gasteiger partial charge < -0.3 is 19.5 Å². The molecule has 0 fully saturated rings. The van der Waals surface area contributed by atoms with Gasteiger partial charge in [0.1, 0.15) is 12.4 Å². The highest BCUT2D eigenvalue weighted by atomic mass is 19.3. The fourth-order valence-corrected chi connectivity index (χ4v) is 2.80. The van der Waals surface area contributed by atoms with E-state index in [4.69, 9.17) is 9.47 Å². The number of benzene rings is 2. The summed E-state index contributed by atoms with van der Waals surface area (Å²) < 4.78 is 40.6. The van der Waals surface area contributed by atoms with E-state index in [1.54, 1.807) is 31.4 Å². The van der Waals surface area contributed by atoms with Crippen LogP contribution in [0.3, 0.4) is 0 Å². The molecule has 0 saturated heterocycles. The summed E-state index contributed by atoms with van der Waals surface area (Å²) in [7, 11) is 1.61. The first kappa shape index (κ1) is 16.5. The summed E-state index contributed by atoms with van der Waals surface area (Å²) in [4.78, 5) is 0. The summed E-state index contributed by atoms with van der Waals surface area (Å²) in [6, 6.07) is 12.7. The Kier molecular flexibility index (Phi) is 5.15. The van der Waals surface area contributed by atoms with Gasteiger partial charge in [-0.2, -0.15) is 8.78 Å². The van der Waals surface area contributed by atoms with Crippen molar-refractivity contribution in [1.29, 1.82) is 0 Å². The Hall–Kier alpha value is -2.34. The minimum atomic E-state index is -2.83. The Bertz CT molecular complexity index is 694. The lowest BCUT2D eigenvalue weighted by molar-refractivity contribution is -0.0505. The smallest absolute Gasteiger partial charge is 0.387 e. The number of alkyl halides is 2. The molecule has 1 unspecified atom stereocenters. The molecule has 6 heteroatoms. The van der Waals surface area contributed by atoms with Crippen LogP contribution in [0, 0.1) is 0 Å². The summed E-state index contributed by atoms with van der Waals surface area (Å²) in [5.41, 5.74) is 1.75. The third-order valence-corrected chi connectivity index (χ3v) is 3.95. The van der Waals surface area contributed by atoms with E-state index in [2.05, 4.69) is 10.1 Å². The SMILES string of the molecule is COc1cccc2c1OCC(NCc1ccccc1OC(F)F)C2. The Morgan fingerprint density at radius 2 is 1.96 bits per heavy atom. The van der Waals surface area contributed by atoms with Crippen LogP contribution in [-0.2, 0) is 13.0 Å². The van der Waals surface area contributed by atoms with Gasteiger partial charge >= 0.3 is 6.61 Å². The van der Waals surface area contributed by atoms with Crippen molar-refractivity contribution in [3.63, 3.8) is 0 Å². The summed E-state index contributed by atoms with van der Waals surface area (Å²) in [5.74, 6) is 1.69. The van der Waals surface area contributed by atoms with Crippen LogP contribution in [0.1, 0.15) is 11.1 Å². The second-order valence-electron chi connectivity index (χ2n) is 5.53. The zero-order chi connectivity index (χ0) is 16.9. The van der Waals surface area contributed by atoms with Gasteiger partial charge in [-0.1, -0.05) is 30.3 Å². The highest BCUT2D eigenvalue weighted by Crippen LogP contribution is 2.34. The van der Waals surface area contributed by atoms with Crippen molar-refractivity contribution >= 4 is 0 Å². The van der Waals surface area contributed by atoms with Crippen LogP contribution in [0.2, 0.25) is 0 Å². The van der Waals surface area contributed by atoms with Crippen LogP contribution in [-0.4, -0.2) is 26.4 Å². The second-order valence-corrected chi connectivity index (χ2v) is 5.53. The number of nitrogens with one attached hydrogen (secondary N) is 1. The van der Waals surface area contributed by atoms with Gasteiger partial charge in [0.05, 0.1) is 7.11 Å². The molecule has 0 amide bonds. The Morgan fingerprint density at radius 1 is 1.17 bits per heavy atom. The van der Waals surface area contributed by atoms with Crippen LogP contribution in [0.15, 0.2) is 42.5 Å². The van der Waals surface area contributed by atoms with Gasteiger partial charge in [0.2, 0.25) is 0 Å². The van der Waals surface area contributed by atoms with E-state index in [9.17, 15) is 8.78 Å². The topological polar surface area (TPSA) is 39.7 Å². The maximum Gasteiger partial charge on any atom is 0.387 e. The van der Waals surface area contributed by atoms with Crippen LogP contribution < -0.4 is 19.5 Å². The molecule has 24 heavy (non-hydrogen) atoms. The summed E-state index contributed by atoms with van der Waals surface area (Å²) in [6.07, 6.45) is 0.782. The van der Waals surface area contributed by atoms with Crippen molar-refractivity contribution in [3.05, 3.63) is 53.6 Å². The maximum atomic E-state index is 12.5. The van der Waals surface area contributed by atoms with Crippen molar-refractivity contribution < 1.29 is 23.0 Å². The fraction of sp³-hybridized carbons (Fsp3) is 0.333. The van der Waals surface area contributed by atoms with E-state index in [0.29, 0.717) is 18.7 Å². The van der Waals surface area contributed by atoms with Crippen molar-refractivity contribution in [1.82, 2.24) is 5.32 Å². The summed E-state index contributed by atoms with van der Waals surface area (Å²) in [5, 5.41) is 3.34. The average Bonchev–Trinajstić information content (AvgIpc) is 2.59. The summed E-state index contributed by atoms with van der Waals surface area (Å²) in [6.45, 7) is -1.91. The van der Waals surface area contributed by atoms with Gasteiger partial charge in [0.25, 0.3) is 0 Å². The zero-order valence-corrected chi connectivity index (χ0v) is 13.3. The predicted molar refractivity (Wildman–Crippen MR) is 85.9 cm³/mol. The van der Waals surface area contributed by atoms with Gasteiger partial charge in [-0.3, -0.25) is 0 Å². The zero-order valence-electron chi connectivity index (χ0n) is 13.3. The van der Waals surface area contributed by atoms with Gasteiger partial charge in [-0.05, 0) is 24.1 Å². The molecule has 0 aliphatic carbocycles. The first-order chi connectivity index (χ1) is 11.7. The fourth-order valence-electron chi connectivity index (χ4n) is 2.80. The molecule has 1 N–H and O–H groups in total. The monoisotopic (exact) mass is 335 g/mol. The van der Waals surface area contributed by atoms with Gasteiger partial charge in [-0.25, -0.2) is 0 Å². The molecule has 0 spiro atoms. The molecule has 0 aromatic heterocycles. The molecule has 3 rings (SSSR count). The van der Waals surface area contributed by atoms with Crippen LogP contribution in [0.25, 0.3) is 0 Å². The van der Waals surface area contributed by atoms with Crippen molar-refractivity contribution in [2.24, 2.45) is 0 Å². The van der Waals surface area contributed by atoms with E-state index in [-0.39, 0.29) is 11.8 Å². The van der Waals surface area contributed by atoms with E-state index in [1.807, 2.05) is 18.2 Å². The number of methoxy groups -OCH3 is 1. The number of rotatable bonds is 6. The lowest BCUT2D eigenvalue weighted by atomic mass is 10.0. The van der Waals surface area contributed by atoms with Gasteiger partial charge in [0.15, 0.2) is 11.5 Å². The predicted octanol–water partition coefficient (Wildman–Crippen LogP) is 3.39. The largest absolute Gasteiger partial charge is 0.493 e. The summed E-state index contributed by atoms with van der Waals surface area (Å²) >= 11 is 0. The standard InChI is InChI=1S/C18H19F2NO3/c1-22-16-8-4-6-12-9-14(11-23-17(12)16)21-10-13-5-2-3-7-15(13)24-18(19)20/h2-8,14,18,21H,9-11H2,1H3. The van der Waals surface area contributed by atoms with Crippen molar-refractivity contribution in [3.8, 4) is 17.2 Å². The van der Waals surface area contributed by atoms with E-state index in [0.717, 1.165) is 23.5 Å². The molecular weight excluding hydrogens is 316 g/mol. The van der Waals surface area contributed by atoms with Crippen LogP contribution in [0.5, 0.6) is 17.2 Å². The molecule has 1 atom stereocenters. The number of para-hydroxylation sites is 2. The number of halogens is 2. The molecule has 1 heterocycles. The van der Waals surface area contributed by atoms with Crippen molar-refractivity contribution in [2.45, 2.75) is 25.6 Å². The molecule has 2 aromatic carbocycles. The second kappa shape index (κ2) is 7.49. The van der Waals surface area contributed by atoms with Gasteiger partial charge in [0, 0.05) is 18.2 Å². The molecule has 2 aromatic rings. The lowest BCUT2D eigenvalue weighted by Crippen LogP contribution is -2.39. The first-order valence-electron chi connectivity index (χ1n) is 7.72. The molecule has 1 aliphatic rings. The minimum absolute atomic E-state index is 0.0872.